The van der Waals surface area contributed by atoms with E-state index in [1.807, 2.05) is 6.92 Å². The molecule has 0 amide bonds. The lowest BCUT2D eigenvalue weighted by atomic mass is 10.2. The molecule has 0 aromatic heterocycles. The van der Waals surface area contributed by atoms with Gasteiger partial charge in [0, 0.05) is 0 Å². The third kappa shape index (κ3) is 3.13. The lowest BCUT2D eigenvalue weighted by molar-refractivity contribution is -0.110. The highest BCUT2D eigenvalue weighted by atomic mass is 79.9. The highest BCUT2D eigenvalue weighted by molar-refractivity contribution is 9.12. The minimum Gasteiger partial charge on any atom is -0.289 e. The number of carbonyl (C=O) groups is 1. The van der Waals surface area contributed by atoms with Gasteiger partial charge in [-0.05, 0) is 59.6 Å². The van der Waals surface area contributed by atoms with Gasteiger partial charge in [0.2, 0.25) is 0 Å². The maximum absolute atomic E-state index is 12.3. The quantitative estimate of drug-likeness (QED) is 0.768. The Balaban J connectivity index is 2.47. The molecule has 0 saturated heterocycles. The Morgan fingerprint density at radius 1 is 1.15 bits per heavy atom. The first-order valence-electron chi connectivity index (χ1n) is 5.81. The summed E-state index contributed by atoms with van der Waals surface area (Å²) >= 11 is 3.07. The molecule has 0 bridgehead atoms. The van der Waals surface area contributed by atoms with Gasteiger partial charge >= 0.3 is 0 Å². The van der Waals surface area contributed by atoms with Crippen LogP contribution >= 0.6 is 15.9 Å². The van der Waals surface area contributed by atoms with Gasteiger partial charge in [-0.15, -0.1) is 0 Å². The van der Waals surface area contributed by atoms with Crippen LogP contribution in [0.2, 0.25) is 0 Å². The lowest BCUT2D eigenvalue weighted by Crippen LogP contribution is -2.07. The Kier molecular flexibility index (Phi) is 4.06. The fourth-order valence-corrected chi connectivity index (χ4v) is 3.39. The number of sulfonamides is 1. The van der Waals surface area contributed by atoms with Gasteiger partial charge < -0.3 is 0 Å². The van der Waals surface area contributed by atoms with E-state index in [0.29, 0.717) is 5.56 Å². The van der Waals surface area contributed by atoms with Crippen molar-refractivity contribution in [2.24, 2.45) is 4.40 Å². The largest absolute Gasteiger partial charge is 0.289 e. The van der Waals surface area contributed by atoms with Crippen molar-refractivity contribution in [3.63, 3.8) is 0 Å². The molecule has 0 N–H and O–H groups in total. The molecular formula is C14H12BrNO3S. The van der Waals surface area contributed by atoms with Crippen LogP contribution in [0, 0.1) is 13.8 Å². The number of carbonyl (C=O) groups excluding carboxylic acids is 1. The maximum Gasteiger partial charge on any atom is 0.283 e. The van der Waals surface area contributed by atoms with E-state index < -0.39 is 10.0 Å². The summed E-state index contributed by atoms with van der Waals surface area (Å²) in [6.07, 6.45) is 4.05. The van der Waals surface area contributed by atoms with Gasteiger partial charge in [0.1, 0.15) is 0 Å². The van der Waals surface area contributed by atoms with Crippen LogP contribution in [0.25, 0.3) is 0 Å². The molecule has 1 aromatic carbocycles. The zero-order valence-electron chi connectivity index (χ0n) is 10.9. The van der Waals surface area contributed by atoms with Crippen LogP contribution in [-0.2, 0) is 14.8 Å². The summed E-state index contributed by atoms with van der Waals surface area (Å²) < 4.78 is 28.6. The van der Waals surface area contributed by atoms with Crippen LogP contribution in [0.3, 0.4) is 0 Å². The van der Waals surface area contributed by atoms with Crippen molar-refractivity contribution >= 4 is 37.4 Å². The molecule has 1 aliphatic rings. The number of ketones is 1. The third-order valence-corrected chi connectivity index (χ3v) is 4.83. The fourth-order valence-electron chi connectivity index (χ4n) is 1.82. The molecule has 4 nitrogen and oxygen atoms in total. The number of rotatable bonds is 2. The number of nitrogens with zero attached hydrogens (tertiary/aromatic N) is 1. The van der Waals surface area contributed by atoms with Gasteiger partial charge in [0.05, 0.1) is 15.1 Å². The van der Waals surface area contributed by atoms with Crippen molar-refractivity contribution < 1.29 is 13.2 Å². The van der Waals surface area contributed by atoms with Crippen LogP contribution in [0.4, 0.5) is 0 Å². The lowest BCUT2D eigenvalue weighted by Gasteiger charge is -2.06. The van der Waals surface area contributed by atoms with E-state index in [0.717, 1.165) is 5.56 Å². The molecule has 20 heavy (non-hydrogen) atoms. The summed E-state index contributed by atoms with van der Waals surface area (Å²) in [4.78, 5) is 11.4. The van der Waals surface area contributed by atoms with E-state index in [1.54, 1.807) is 25.1 Å². The molecule has 0 saturated carbocycles. The molecule has 0 fully saturated rings. The van der Waals surface area contributed by atoms with Crippen molar-refractivity contribution in [1.82, 2.24) is 0 Å². The predicted molar refractivity (Wildman–Crippen MR) is 81.7 cm³/mol. The van der Waals surface area contributed by atoms with Crippen LogP contribution < -0.4 is 0 Å². The van der Waals surface area contributed by atoms with Crippen LogP contribution in [0.1, 0.15) is 11.1 Å². The normalized spacial score (nSPS) is 17.4. The van der Waals surface area contributed by atoms with Crippen molar-refractivity contribution in [3.8, 4) is 0 Å². The molecule has 0 spiro atoms. The van der Waals surface area contributed by atoms with E-state index >= 15 is 0 Å². The van der Waals surface area contributed by atoms with Gasteiger partial charge in [-0.1, -0.05) is 17.7 Å². The van der Waals surface area contributed by atoms with E-state index in [9.17, 15) is 13.2 Å². The fraction of sp³-hybridized carbons (Fsp3) is 0.143. The molecule has 104 valence electrons. The van der Waals surface area contributed by atoms with Crippen molar-refractivity contribution in [2.45, 2.75) is 18.7 Å². The zero-order valence-corrected chi connectivity index (χ0v) is 13.3. The average molecular weight is 354 g/mol. The molecule has 0 atom stereocenters. The van der Waals surface area contributed by atoms with E-state index in [-0.39, 0.29) is 20.9 Å². The molecule has 0 radical (unpaired) electrons. The number of benzene rings is 1. The first-order valence-corrected chi connectivity index (χ1v) is 8.05. The second kappa shape index (κ2) is 5.46. The summed E-state index contributed by atoms with van der Waals surface area (Å²) in [5.41, 5.74) is 1.85. The minimum atomic E-state index is -3.79. The van der Waals surface area contributed by atoms with Gasteiger partial charge in [-0.2, -0.15) is 12.8 Å². The van der Waals surface area contributed by atoms with Gasteiger partial charge in [0.15, 0.2) is 5.78 Å². The Hall–Kier alpha value is -1.53. The zero-order chi connectivity index (χ0) is 14.9. The number of halogens is 1. The minimum absolute atomic E-state index is 0.172. The summed E-state index contributed by atoms with van der Waals surface area (Å²) in [6.45, 7) is 3.62. The monoisotopic (exact) mass is 353 g/mol. The van der Waals surface area contributed by atoms with Crippen molar-refractivity contribution in [1.29, 1.82) is 0 Å². The molecule has 1 aromatic rings. The highest BCUT2D eigenvalue weighted by Crippen LogP contribution is 2.20. The molecular weight excluding hydrogens is 342 g/mol. The molecule has 0 heterocycles. The van der Waals surface area contributed by atoms with Crippen LogP contribution in [-0.4, -0.2) is 19.9 Å². The first-order chi connectivity index (χ1) is 9.29. The second-order valence-electron chi connectivity index (χ2n) is 4.45. The SMILES string of the molecule is Cc1ccc(S(=O)(=O)/N=C2\C=CC(=O)C(Br)=C2)c(C)c1. The summed E-state index contributed by atoms with van der Waals surface area (Å²) in [5.74, 6) is -0.215. The predicted octanol–water partition coefficient (Wildman–Crippen LogP) is 2.85. The molecule has 1 aliphatic carbocycles. The van der Waals surface area contributed by atoms with E-state index in [4.69, 9.17) is 0 Å². The van der Waals surface area contributed by atoms with Crippen LogP contribution in [0.5, 0.6) is 0 Å². The third-order valence-electron chi connectivity index (χ3n) is 2.75. The van der Waals surface area contributed by atoms with Crippen molar-refractivity contribution in [2.75, 3.05) is 0 Å². The Morgan fingerprint density at radius 3 is 2.45 bits per heavy atom. The van der Waals surface area contributed by atoms with Gasteiger partial charge in [0.25, 0.3) is 10.0 Å². The summed E-state index contributed by atoms with van der Waals surface area (Å²) in [7, 11) is -3.79. The number of hydrogen-bond donors (Lipinski definition) is 0. The van der Waals surface area contributed by atoms with E-state index in [2.05, 4.69) is 20.3 Å². The van der Waals surface area contributed by atoms with Gasteiger partial charge in [-0.25, -0.2) is 0 Å². The molecule has 6 heteroatoms. The smallest absolute Gasteiger partial charge is 0.283 e. The van der Waals surface area contributed by atoms with Gasteiger partial charge in [-0.3, -0.25) is 4.79 Å². The molecule has 0 aliphatic heterocycles. The standard InChI is InChI=1S/C14H12BrNO3S/c1-9-3-6-14(10(2)7-9)20(18,19)16-11-4-5-13(17)12(15)8-11/h3-8H,1-2H3/b16-11+. The highest BCUT2D eigenvalue weighted by Gasteiger charge is 2.17. The Bertz CT molecular complexity index is 774. The maximum atomic E-state index is 12.3. The number of allylic oxidation sites excluding steroid dienone is 4. The summed E-state index contributed by atoms with van der Waals surface area (Å²) in [5, 5.41) is 0. The topological polar surface area (TPSA) is 63.6 Å². The van der Waals surface area contributed by atoms with E-state index in [1.165, 1.54) is 18.2 Å². The van der Waals surface area contributed by atoms with Crippen LogP contribution in [0.15, 0.2) is 50.2 Å². The van der Waals surface area contributed by atoms with Crippen molar-refractivity contribution in [3.05, 3.63) is 52.0 Å². The average Bonchev–Trinajstić information content (AvgIpc) is 2.33. The molecule has 2 rings (SSSR count). The summed E-state index contributed by atoms with van der Waals surface area (Å²) in [6, 6.07) is 5.06. The second-order valence-corrected chi connectivity index (χ2v) is 6.88. The first kappa shape index (κ1) is 14.9. The Morgan fingerprint density at radius 2 is 1.85 bits per heavy atom. The number of hydrogen-bond acceptors (Lipinski definition) is 3. The Labute approximate surface area is 126 Å². The molecule has 0 unspecified atom stereocenters. The number of aryl methyl sites for hydroxylation is 2.